The molecule has 0 spiro atoms. The van der Waals surface area contributed by atoms with Crippen LogP contribution in [0.4, 0.5) is 0 Å². The Morgan fingerprint density at radius 1 is 0.812 bits per heavy atom. The van der Waals surface area contributed by atoms with Crippen LogP contribution >= 0.6 is 0 Å². The molecule has 4 aliphatic heterocycles. The molecular weight excluding hydrogens is 1040 g/mol. The number of hydrogen-bond acceptors (Lipinski definition) is 16. The van der Waals surface area contributed by atoms with Gasteiger partial charge in [-0.3, -0.25) is 24.0 Å². The molecule has 3 saturated heterocycles. The maximum atomic E-state index is 14.8. The van der Waals surface area contributed by atoms with E-state index in [1.165, 1.54) is 12.0 Å². The summed E-state index contributed by atoms with van der Waals surface area (Å²) >= 11 is 0. The fraction of sp³-hybridized carbons (Fsp3) is 0.774. The number of carbonyl (C=O) groups is 6. The number of carbonyl (C=O) groups excluding carboxylic acids is 6. The van der Waals surface area contributed by atoms with Gasteiger partial charge in [-0.1, -0.05) is 71.1 Å². The number of Topliss-reactive ketones (excluding diaryl/α,β-unsaturated/α-hetero) is 3. The number of hydrogen-bond donors (Lipinski definition) is 1. The third kappa shape index (κ3) is 17.9. The Kier molecular flexibility index (Phi) is 24.5. The van der Waals surface area contributed by atoms with Gasteiger partial charge in [0.2, 0.25) is 5.79 Å². The van der Waals surface area contributed by atoms with E-state index in [2.05, 4.69) is 6.92 Å². The van der Waals surface area contributed by atoms with Crippen LogP contribution in [-0.4, -0.2) is 155 Å². The third-order valence-electron chi connectivity index (χ3n) is 17.1. The summed E-state index contributed by atoms with van der Waals surface area (Å²) in [7, 11) is 2.36. The Bertz CT molecular complexity index is 2260. The molecule has 1 aliphatic carbocycles. The smallest absolute Gasteiger partial charge is 0.329 e. The molecule has 4 heterocycles. The fourth-order valence-corrected chi connectivity index (χ4v) is 13.0. The Hall–Kier alpha value is -3.72. The van der Waals surface area contributed by atoms with Crippen molar-refractivity contribution in [3.63, 3.8) is 0 Å². The first-order valence-electron chi connectivity index (χ1n) is 29.4. The van der Waals surface area contributed by atoms with Crippen molar-refractivity contribution in [3.8, 4) is 0 Å². The van der Waals surface area contributed by atoms with Gasteiger partial charge in [0.1, 0.15) is 35.6 Å². The molecule has 17 nitrogen and oxygen atoms in total. The molecule has 5 aliphatic rings. The zero-order valence-electron chi connectivity index (χ0n) is 51.2. The number of cyclic esters (lactones) is 1. The summed E-state index contributed by atoms with van der Waals surface area (Å²) in [5.74, 6) is -9.08. The van der Waals surface area contributed by atoms with Gasteiger partial charge in [0.25, 0.3) is 11.7 Å². The number of ketones is 3. The first-order valence-corrected chi connectivity index (χ1v) is 32.8. The molecular formula is C62H99NO16Si. The van der Waals surface area contributed by atoms with Crippen LogP contribution in [0.5, 0.6) is 0 Å². The number of fused-ring (bicyclic) bond motifs is 3. The van der Waals surface area contributed by atoms with Crippen molar-refractivity contribution in [2.45, 2.75) is 226 Å². The van der Waals surface area contributed by atoms with Crippen LogP contribution in [0.2, 0.25) is 19.6 Å². The van der Waals surface area contributed by atoms with E-state index in [0.29, 0.717) is 69.8 Å². The fourth-order valence-electron chi connectivity index (χ4n) is 11.9. The molecule has 0 aromatic heterocycles. The number of piperidine rings is 1. The number of amides is 1. The zero-order chi connectivity index (χ0) is 59.5. The van der Waals surface area contributed by atoms with Crippen LogP contribution in [-0.2, 0) is 71.1 Å². The minimum atomic E-state index is -2.45. The normalized spacial score (nSPS) is 36.6. The number of ether oxygens (including phenoxy) is 8. The quantitative estimate of drug-likeness (QED) is 0.0710. The molecule has 1 amide bonds. The van der Waals surface area contributed by atoms with Crippen LogP contribution < -0.4 is 0 Å². The molecule has 452 valence electrons. The number of nitrogens with zero attached hydrogens (tertiary/aromatic N) is 1. The van der Waals surface area contributed by atoms with Crippen molar-refractivity contribution >= 4 is 43.5 Å². The lowest BCUT2D eigenvalue weighted by molar-refractivity contribution is -0.283. The Balaban J connectivity index is 1.48. The largest absolute Gasteiger partial charge is 0.460 e. The second kappa shape index (κ2) is 29.2. The van der Waals surface area contributed by atoms with E-state index >= 15 is 0 Å². The summed E-state index contributed by atoms with van der Waals surface area (Å²) in [6, 6.07) is -1.17. The predicted octanol–water partition coefficient (Wildman–Crippen LogP) is 9.38. The SMILES string of the molecule is CO[C@H]1C[C@@H]2CC[C@@H](C)[C@@](O)(O2)C(=O)C(=O)N2CCCC[C@H]2C(=O)O[C@H]([C@H](C)C[C@@H]2CC[C@@H](OC(=O)C3(C)COC(C)(C)OC3)[C@H](O[13CH3])C2)CC(=O)[C@H](C)/C=C(\C)[C@H](O[Si](C)(C)C)[C@@H](OC)C(=O)[C@H](C)C[C@H](C)/C=C/C=CC=C1C. The summed E-state index contributed by atoms with van der Waals surface area (Å²) in [5, 5.41) is 12.1. The third-order valence-corrected chi connectivity index (χ3v) is 18.1. The van der Waals surface area contributed by atoms with Crippen LogP contribution in [0.25, 0.3) is 0 Å². The molecule has 0 aromatic rings. The van der Waals surface area contributed by atoms with Gasteiger partial charge in [-0.05, 0) is 147 Å². The van der Waals surface area contributed by atoms with Gasteiger partial charge >= 0.3 is 11.9 Å². The monoisotopic (exact) mass is 1140 g/mol. The van der Waals surface area contributed by atoms with E-state index in [1.807, 2.05) is 83.8 Å². The lowest BCUT2D eigenvalue weighted by atomic mass is 9.78. The molecule has 4 fully saturated rings. The molecule has 2 bridgehead atoms. The summed E-state index contributed by atoms with van der Waals surface area (Å²) < 4.78 is 55.0. The number of allylic oxidation sites excluding steroid dienone is 6. The predicted molar refractivity (Wildman–Crippen MR) is 305 cm³/mol. The Morgan fingerprint density at radius 3 is 2.14 bits per heavy atom. The molecule has 1 N–H and O–H groups in total. The van der Waals surface area contributed by atoms with E-state index in [1.54, 1.807) is 48.8 Å². The second-order valence-electron chi connectivity index (χ2n) is 25.7. The highest BCUT2D eigenvalue weighted by molar-refractivity contribution is 6.69. The van der Waals surface area contributed by atoms with Gasteiger partial charge in [0, 0.05) is 58.5 Å². The summed E-state index contributed by atoms with van der Waals surface area (Å²) in [6.45, 7) is 25.0. The van der Waals surface area contributed by atoms with Gasteiger partial charge in [-0.25, -0.2) is 4.79 Å². The molecule has 0 unspecified atom stereocenters. The van der Waals surface area contributed by atoms with Crippen LogP contribution in [0, 0.1) is 40.9 Å². The van der Waals surface area contributed by atoms with Crippen molar-refractivity contribution < 1.29 is 76.2 Å². The van der Waals surface area contributed by atoms with E-state index in [9.17, 15) is 33.9 Å². The molecule has 80 heavy (non-hydrogen) atoms. The van der Waals surface area contributed by atoms with Crippen LogP contribution in [0.3, 0.4) is 0 Å². The topological polar surface area (TPSA) is 209 Å². The highest BCUT2D eigenvalue weighted by Gasteiger charge is 2.53. The van der Waals surface area contributed by atoms with Crippen LogP contribution in [0.1, 0.15) is 146 Å². The molecule has 18 heteroatoms. The second-order valence-corrected chi connectivity index (χ2v) is 30.2. The maximum Gasteiger partial charge on any atom is 0.329 e. The maximum absolute atomic E-state index is 14.8. The van der Waals surface area contributed by atoms with Crippen molar-refractivity contribution in [1.29, 1.82) is 0 Å². The molecule has 15 atom stereocenters. The van der Waals surface area contributed by atoms with Crippen molar-refractivity contribution in [1.82, 2.24) is 4.90 Å². The number of esters is 2. The Labute approximate surface area is 478 Å². The standard InChI is InChI=1S/C62H99NO16Si/c1-38-22-18-17-19-23-39(2)50(71-11)34-46-27-25-44(7)62(70,78-46)56(66)57(67)63-29-21-20-24-47(63)58(68)76-51(35-48(64)40(3)31-43(6)54(79-80(14,15)16)55(73-13)53(65)42(5)30-38)41(4)32-45-26-28-49(52(33-45)72-12)77-59(69)61(10)36-74-60(8,9)75-37-61/h17-19,22-23,31,38,40-42,44-47,49-52,54-55,70H,20-21,24-30,32-37H2,1-16H3/b19-17?,22-18+,39-23?,43-31+/t38-,40-,41-,42-,44-,45+,46+,47+,49-,50+,51+,52-,54+,55+,62-/m1/s1/i12+1. The van der Waals surface area contributed by atoms with E-state index < -0.39 is 115 Å². The number of rotatable bonds is 10. The summed E-state index contributed by atoms with van der Waals surface area (Å²) in [6.07, 6.45) is 12.0. The molecule has 0 radical (unpaired) electrons. The zero-order valence-corrected chi connectivity index (χ0v) is 52.2. The number of methoxy groups -OCH3 is 3. The lowest BCUT2D eigenvalue weighted by Crippen LogP contribution is -2.61. The first-order chi connectivity index (χ1) is 37.5. The minimum absolute atomic E-state index is 0.0263. The first kappa shape index (κ1) is 67.1. The summed E-state index contributed by atoms with van der Waals surface area (Å²) in [4.78, 5) is 87.6. The van der Waals surface area contributed by atoms with Crippen molar-refractivity contribution in [2.24, 2.45) is 40.9 Å². The van der Waals surface area contributed by atoms with Crippen molar-refractivity contribution in [3.05, 3.63) is 47.6 Å². The molecule has 0 aromatic carbocycles. The Morgan fingerprint density at radius 2 is 1.50 bits per heavy atom. The van der Waals surface area contributed by atoms with Gasteiger partial charge in [-0.2, -0.15) is 0 Å². The van der Waals surface area contributed by atoms with Gasteiger partial charge in [0.15, 0.2) is 19.9 Å². The van der Waals surface area contributed by atoms with Gasteiger partial charge in [-0.15, -0.1) is 0 Å². The number of aliphatic hydroxyl groups is 1. The molecule has 1 saturated carbocycles. The van der Waals surface area contributed by atoms with Crippen LogP contribution in [0.15, 0.2) is 47.6 Å². The average molecular weight is 1140 g/mol. The van der Waals surface area contributed by atoms with E-state index in [4.69, 9.17) is 42.3 Å². The van der Waals surface area contributed by atoms with E-state index in [-0.39, 0.29) is 61.9 Å². The van der Waals surface area contributed by atoms with Gasteiger partial charge < -0.3 is 52.3 Å². The van der Waals surface area contributed by atoms with Gasteiger partial charge in [0.05, 0.1) is 37.6 Å². The lowest BCUT2D eigenvalue weighted by Gasteiger charge is -2.43. The molecule has 5 rings (SSSR count). The highest BCUT2D eigenvalue weighted by atomic mass is 28.4. The summed E-state index contributed by atoms with van der Waals surface area (Å²) in [5.41, 5.74) is 0.561. The highest BCUT2D eigenvalue weighted by Crippen LogP contribution is 2.40. The average Bonchev–Trinajstić information content (AvgIpc) is 3.40. The van der Waals surface area contributed by atoms with Crippen molar-refractivity contribution in [2.75, 3.05) is 41.1 Å². The van der Waals surface area contributed by atoms with E-state index in [0.717, 1.165) is 5.57 Å². The minimum Gasteiger partial charge on any atom is -0.460 e.